The standard InChI is InChI=1S/C14H25N3O3/c1-6-19-11(2)9-17-10-15-7-12(17)8-16-13(18)20-14(3,4)5/h7,10-11H,6,8-9H2,1-5H3,(H,16,18). The molecule has 1 aromatic heterocycles. The van der Waals surface area contributed by atoms with Gasteiger partial charge in [-0.05, 0) is 34.6 Å². The van der Waals surface area contributed by atoms with Crippen molar-refractivity contribution in [2.75, 3.05) is 6.61 Å². The molecule has 0 fully saturated rings. The number of nitrogens with one attached hydrogen (secondary N) is 1. The molecule has 0 aliphatic heterocycles. The smallest absolute Gasteiger partial charge is 0.407 e. The average Bonchev–Trinajstić information content (AvgIpc) is 2.71. The highest BCUT2D eigenvalue weighted by Crippen LogP contribution is 2.07. The molecule has 6 heteroatoms. The number of amides is 1. The van der Waals surface area contributed by atoms with Crippen LogP contribution in [0, 0.1) is 0 Å². The maximum Gasteiger partial charge on any atom is 0.407 e. The second-order valence-electron chi connectivity index (χ2n) is 5.66. The van der Waals surface area contributed by atoms with Crippen LogP contribution in [0.15, 0.2) is 12.5 Å². The van der Waals surface area contributed by atoms with Gasteiger partial charge >= 0.3 is 6.09 Å². The first-order valence-corrected chi connectivity index (χ1v) is 6.89. The van der Waals surface area contributed by atoms with Crippen molar-refractivity contribution < 1.29 is 14.3 Å². The number of carbonyl (C=O) groups excluding carboxylic acids is 1. The predicted molar refractivity (Wildman–Crippen MR) is 76.4 cm³/mol. The van der Waals surface area contributed by atoms with Gasteiger partial charge in [-0.15, -0.1) is 0 Å². The molecule has 0 aliphatic rings. The number of imidazole rings is 1. The molecule has 1 atom stereocenters. The summed E-state index contributed by atoms with van der Waals surface area (Å²) in [6.07, 6.45) is 3.15. The van der Waals surface area contributed by atoms with Crippen LogP contribution in [0.5, 0.6) is 0 Å². The van der Waals surface area contributed by atoms with Crippen LogP contribution in [0.25, 0.3) is 0 Å². The van der Waals surface area contributed by atoms with Crippen LogP contribution in [-0.4, -0.2) is 34.0 Å². The molecule has 6 nitrogen and oxygen atoms in total. The van der Waals surface area contributed by atoms with Gasteiger partial charge in [0.05, 0.1) is 24.7 Å². The first kappa shape index (κ1) is 16.5. The van der Waals surface area contributed by atoms with Gasteiger partial charge in [-0.3, -0.25) is 0 Å². The Kier molecular flexibility index (Phi) is 6.01. The molecule has 0 aromatic carbocycles. The Morgan fingerprint density at radius 1 is 1.50 bits per heavy atom. The lowest BCUT2D eigenvalue weighted by Crippen LogP contribution is -2.32. The van der Waals surface area contributed by atoms with E-state index in [0.717, 1.165) is 5.69 Å². The number of aromatic nitrogens is 2. The molecule has 0 spiro atoms. The second-order valence-corrected chi connectivity index (χ2v) is 5.66. The van der Waals surface area contributed by atoms with E-state index in [1.165, 1.54) is 0 Å². The molecule has 1 N–H and O–H groups in total. The van der Waals surface area contributed by atoms with Gasteiger partial charge in [-0.2, -0.15) is 0 Å². The van der Waals surface area contributed by atoms with Gasteiger partial charge in [-0.1, -0.05) is 0 Å². The van der Waals surface area contributed by atoms with Crippen molar-refractivity contribution >= 4 is 6.09 Å². The summed E-state index contributed by atoms with van der Waals surface area (Å²) in [4.78, 5) is 15.7. The summed E-state index contributed by atoms with van der Waals surface area (Å²) >= 11 is 0. The van der Waals surface area contributed by atoms with Crippen molar-refractivity contribution in [1.29, 1.82) is 0 Å². The van der Waals surface area contributed by atoms with Gasteiger partial charge in [0, 0.05) is 19.3 Å². The van der Waals surface area contributed by atoms with Gasteiger partial charge in [0.25, 0.3) is 0 Å². The average molecular weight is 283 g/mol. The van der Waals surface area contributed by atoms with Gasteiger partial charge in [0.15, 0.2) is 0 Å². The SMILES string of the molecule is CCOC(C)Cn1cncc1CNC(=O)OC(C)(C)C. The molecule has 1 aromatic rings. The van der Waals surface area contributed by atoms with Crippen LogP contribution < -0.4 is 5.32 Å². The molecule has 1 rings (SSSR count). The fourth-order valence-electron chi connectivity index (χ4n) is 1.75. The number of nitrogens with zero attached hydrogens (tertiary/aromatic N) is 2. The highest BCUT2D eigenvalue weighted by Gasteiger charge is 2.16. The molecular formula is C14H25N3O3. The maximum absolute atomic E-state index is 11.6. The van der Waals surface area contributed by atoms with E-state index in [9.17, 15) is 4.79 Å². The number of hydrogen-bond acceptors (Lipinski definition) is 4. The fraction of sp³-hybridized carbons (Fsp3) is 0.714. The Balaban J connectivity index is 2.49. The van der Waals surface area contributed by atoms with Crippen molar-refractivity contribution in [2.24, 2.45) is 0 Å². The third-order valence-corrected chi connectivity index (χ3v) is 2.52. The van der Waals surface area contributed by atoms with E-state index in [1.807, 2.05) is 39.2 Å². The van der Waals surface area contributed by atoms with Crippen LogP contribution in [0.4, 0.5) is 4.79 Å². The molecule has 20 heavy (non-hydrogen) atoms. The highest BCUT2D eigenvalue weighted by molar-refractivity contribution is 5.67. The molecule has 0 saturated carbocycles. The molecular weight excluding hydrogens is 258 g/mol. The first-order valence-electron chi connectivity index (χ1n) is 6.89. The molecule has 0 aliphatic carbocycles. The second kappa shape index (κ2) is 7.28. The molecule has 114 valence electrons. The Morgan fingerprint density at radius 3 is 2.80 bits per heavy atom. The summed E-state index contributed by atoms with van der Waals surface area (Å²) in [7, 11) is 0. The van der Waals surface area contributed by atoms with Crippen LogP contribution in [0.1, 0.15) is 40.3 Å². The number of alkyl carbamates (subject to hydrolysis) is 1. The number of ether oxygens (including phenoxy) is 2. The van der Waals surface area contributed by atoms with Gasteiger partial charge in [-0.25, -0.2) is 9.78 Å². The lowest BCUT2D eigenvalue weighted by molar-refractivity contribution is 0.0520. The third kappa shape index (κ3) is 6.06. The summed E-state index contributed by atoms with van der Waals surface area (Å²) in [6.45, 7) is 11.3. The molecule has 0 radical (unpaired) electrons. The van der Waals surface area contributed by atoms with Crippen LogP contribution in [0.2, 0.25) is 0 Å². The van der Waals surface area contributed by atoms with E-state index >= 15 is 0 Å². The third-order valence-electron chi connectivity index (χ3n) is 2.52. The Labute approximate surface area is 120 Å². The van der Waals surface area contributed by atoms with Gasteiger partial charge < -0.3 is 19.4 Å². The Morgan fingerprint density at radius 2 is 2.20 bits per heavy atom. The molecule has 1 unspecified atom stereocenters. The number of rotatable bonds is 6. The largest absolute Gasteiger partial charge is 0.444 e. The minimum Gasteiger partial charge on any atom is -0.444 e. The monoisotopic (exact) mass is 283 g/mol. The van der Waals surface area contributed by atoms with Gasteiger partial charge in [0.2, 0.25) is 0 Å². The Bertz CT molecular complexity index is 424. The van der Waals surface area contributed by atoms with Crippen LogP contribution in [-0.2, 0) is 22.6 Å². The van der Waals surface area contributed by atoms with Crippen LogP contribution >= 0.6 is 0 Å². The summed E-state index contributed by atoms with van der Waals surface area (Å²) in [5, 5.41) is 2.72. The minimum absolute atomic E-state index is 0.106. The topological polar surface area (TPSA) is 65.4 Å². The Hall–Kier alpha value is -1.56. The minimum atomic E-state index is -0.492. The van der Waals surface area contributed by atoms with Crippen molar-refractivity contribution in [1.82, 2.24) is 14.9 Å². The number of carbonyl (C=O) groups is 1. The zero-order valence-electron chi connectivity index (χ0n) is 13.0. The molecule has 0 saturated heterocycles. The van der Waals surface area contributed by atoms with Gasteiger partial charge in [0.1, 0.15) is 5.60 Å². The summed E-state index contributed by atoms with van der Waals surface area (Å²) in [6, 6.07) is 0. The summed E-state index contributed by atoms with van der Waals surface area (Å²) in [5.74, 6) is 0. The fourth-order valence-corrected chi connectivity index (χ4v) is 1.75. The molecule has 1 amide bonds. The predicted octanol–water partition coefficient (Wildman–Crippen LogP) is 2.33. The lowest BCUT2D eigenvalue weighted by atomic mass is 10.2. The number of hydrogen-bond donors (Lipinski definition) is 1. The first-order chi connectivity index (χ1) is 9.31. The zero-order chi connectivity index (χ0) is 15.2. The van der Waals surface area contributed by atoms with E-state index in [1.54, 1.807) is 12.5 Å². The quantitative estimate of drug-likeness (QED) is 0.870. The summed E-state index contributed by atoms with van der Waals surface area (Å²) < 4.78 is 12.7. The van der Waals surface area contributed by atoms with E-state index in [4.69, 9.17) is 9.47 Å². The van der Waals surface area contributed by atoms with E-state index in [2.05, 4.69) is 10.3 Å². The van der Waals surface area contributed by atoms with Crippen molar-refractivity contribution in [3.63, 3.8) is 0 Å². The van der Waals surface area contributed by atoms with Crippen molar-refractivity contribution in [3.05, 3.63) is 18.2 Å². The zero-order valence-corrected chi connectivity index (χ0v) is 13.0. The lowest BCUT2D eigenvalue weighted by Gasteiger charge is -2.20. The van der Waals surface area contributed by atoms with E-state index in [-0.39, 0.29) is 6.10 Å². The van der Waals surface area contributed by atoms with E-state index < -0.39 is 11.7 Å². The summed E-state index contributed by atoms with van der Waals surface area (Å²) in [5.41, 5.74) is 0.427. The van der Waals surface area contributed by atoms with Crippen molar-refractivity contribution in [3.8, 4) is 0 Å². The van der Waals surface area contributed by atoms with Crippen LogP contribution in [0.3, 0.4) is 0 Å². The highest BCUT2D eigenvalue weighted by atomic mass is 16.6. The normalized spacial score (nSPS) is 13.1. The maximum atomic E-state index is 11.6. The molecule has 1 heterocycles. The van der Waals surface area contributed by atoms with E-state index in [0.29, 0.717) is 19.7 Å². The van der Waals surface area contributed by atoms with Crippen molar-refractivity contribution in [2.45, 2.75) is 59.4 Å². The molecule has 0 bridgehead atoms.